The Hall–Kier alpha value is -0.930. The molecule has 9 heteroatoms. The Labute approximate surface area is 121 Å². The number of sulfonamides is 1. The van der Waals surface area contributed by atoms with Gasteiger partial charge < -0.3 is 10.6 Å². The molecule has 0 aliphatic carbocycles. The van der Waals surface area contributed by atoms with Gasteiger partial charge in [0.1, 0.15) is 5.82 Å². The van der Waals surface area contributed by atoms with E-state index in [1.54, 1.807) is 6.20 Å². The van der Waals surface area contributed by atoms with Gasteiger partial charge in [-0.25, -0.2) is 18.1 Å². The third-order valence-corrected chi connectivity index (χ3v) is 4.20. The topological polar surface area (TPSA) is 96.0 Å². The first kappa shape index (κ1) is 16.1. The van der Waals surface area contributed by atoms with E-state index in [-0.39, 0.29) is 12.3 Å². The Kier molecular flexibility index (Phi) is 6.46. The van der Waals surface area contributed by atoms with Crippen molar-refractivity contribution in [2.24, 2.45) is 0 Å². The summed E-state index contributed by atoms with van der Waals surface area (Å²) < 4.78 is 25.5. The summed E-state index contributed by atoms with van der Waals surface area (Å²) in [4.78, 5) is 8.37. The molecule has 19 heavy (non-hydrogen) atoms. The van der Waals surface area contributed by atoms with Crippen LogP contribution < -0.4 is 15.4 Å². The molecule has 1 aromatic rings. The molecule has 3 N–H and O–H groups in total. The lowest BCUT2D eigenvalue weighted by Gasteiger charge is -2.09. The number of rotatable bonds is 8. The van der Waals surface area contributed by atoms with Crippen molar-refractivity contribution in [3.05, 3.63) is 10.7 Å². The Bertz CT molecular complexity index is 509. The molecular weight excluding hydrogens is 334 g/mol. The zero-order valence-corrected chi connectivity index (χ0v) is 13.3. The lowest BCUT2D eigenvalue weighted by molar-refractivity contribution is 0.588. The minimum absolute atomic E-state index is 0.0162. The van der Waals surface area contributed by atoms with Crippen molar-refractivity contribution in [2.75, 3.05) is 36.5 Å². The van der Waals surface area contributed by atoms with Crippen LogP contribution in [-0.4, -0.2) is 44.3 Å². The van der Waals surface area contributed by atoms with Crippen LogP contribution in [0, 0.1) is 0 Å². The smallest absolute Gasteiger partial charge is 0.224 e. The fraction of sp³-hybridized carbons (Fsp3) is 0.600. The molecule has 0 bridgehead atoms. The second-order valence-electron chi connectivity index (χ2n) is 3.77. The van der Waals surface area contributed by atoms with Gasteiger partial charge in [-0.3, -0.25) is 0 Å². The number of anilines is 2. The van der Waals surface area contributed by atoms with Gasteiger partial charge in [-0.05, 0) is 29.4 Å². The molecule has 0 amide bonds. The average molecular weight is 352 g/mol. The summed E-state index contributed by atoms with van der Waals surface area (Å²) in [6.07, 6.45) is 2.60. The van der Waals surface area contributed by atoms with Crippen LogP contribution in [0.5, 0.6) is 0 Å². The third kappa shape index (κ3) is 5.70. The highest BCUT2D eigenvalue weighted by Crippen LogP contribution is 2.19. The first-order chi connectivity index (χ1) is 8.98. The van der Waals surface area contributed by atoms with E-state index in [9.17, 15) is 8.42 Å². The molecule has 0 atom stereocenters. The lowest BCUT2D eigenvalue weighted by Crippen LogP contribution is -2.26. The molecule has 1 aromatic heterocycles. The van der Waals surface area contributed by atoms with Gasteiger partial charge in [0.2, 0.25) is 16.0 Å². The van der Waals surface area contributed by atoms with E-state index >= 15 is 0 Å². The summed E-state index contributed by atoms with van der Waals surface area (Å²) in [6.45, 7) is 3.11. The lowest BCUT2D eigenvalue weighted by atomic mass is 10.5. The van der Waals surface area contributed by atoms with Crippen LogP contribution in [0.2, 0.25) is 0 Å². The normalized spacial score (nSPS) is 11.3. The monoisotopic (exact) mass is 351 g/mol. The average Bonchev–Trinajstić information content (AvgIpc) is 2.39. The fourth-order valence-corrected chi connectivity index (χ4v) is 2.13. The highest BCUT2D eigenvalue weighted by molar-refractivity contribution is 9.10. The third-order valence-electron chi connectivity index (χ3n) is 2.25. The number of nitrogens with one attached hydrogen (secondary N) is 3. The molecule has 0 fully saturated rings. The van der Waals surface area contributed by atoms with E-state index in [1.165, 1.54) is 7.05 Å². The largest absolute Gasteiger partial charge is 0.368 e. The molecule has 0 spiro atoms. The van der Waals surface area contributed by atoms with Crippen LogP contribution in [0.15, 0.2) is 10.7 Å². The van der Waals surface area contributed by atoms with Crippen molar-refractivity contribution >= 4 is 37.7 Å². The van der Waals surface area contributed by atoms with Crippen molar-refractivity contribution < 1.29 is 8.42 Å². The van der Waals surface area contributed by atoms with E-state index in [4.69, 9.17) is 0 Å². The highest BCUT2D eigenvalue weighted by atomic mass is 79.9. The Morgan fingerprint density at radius 3 is 2.68 bits per heavy atom. The van der Waals surface area contributed by atoms with E-state index in [1.807, 2.05) is 6.92 Å². The first-order valence-electron chi connectivity index (χ1n) is 5.90. The van der Waals surface area contributed by atoms with Crippen molar-refractivity contribution in [1.29, 1.82) is 0 Å². The summed E-state index contributed by atoms with van der Waals surface area (Å²) >= 11 is 3.32. The van der Waals surface area contributed by atoms with Crippen molar-refractivity contribution in [3.63, 3.8) is 0 Å². The summed E-state index contributed by atoms with van der Waals surface area (Å²) in [5.41, 5.74) is 0. The van der Waals surface area contributed by atoms with E-state index in [0.29, 0.717) is 16.2 Å². The summed E-state index contributed by atoms with van der Waals surface area (Å²) in [5, 5.41) is 6.03. The van der Waals surface area contributed by atoms with Gasteiger partial charge in [-0.1, -0.05) is 6.92 Å². The van der Waals surface area contributed by atoms with Gasteiger partial charge in [0.05, 0.1) is 10.2 Å². The van der Waals surface area contributed by atoms with Gasteiger partial charge >= 0.3 is 0 Å². The second-order valence-corrected chi connectivity index (χ2v) is 6.67. The second kappa shape index (κ2) is 7.61. The Morgan fingerprint density at radius 2 is 2.05 bits per heavy atom. The maximum atomic E-state index is 11.3. The SMILES string of the molecule is CCCNc1ncc(Br)c(NCCS(=O)(=O)NC)n1. The van der Waals surface area contributed by atoms with E-state index in [2.05, 4.69) is 41.3 Å². The van der Waals surface area contributed by atoms with Crippen LogP contribution in [-0.2, 0) is 10.0 Å². The Morgan fingerprint density at radius 1 is 1.32 bits per heavy atom. The number of aromatic nitrogens is 2. The van der Waals surface area contributed by atoms with Crippen LogP contribution in [0.25, 0.3) is 0 Å². The zero-order chi connectivity index (χ0) is 14.3. The predicted octanol–water partition coefficient (Wildman–Crippen LogP) is 1.02. The molecule has 0 unspecified atom stereocenters. The molecule has 7 nitrogen and oxygen atoms in total. The summed E-state index contributed by atoms with van der Waals surface area (Å²) in [6, 6.07) is 0. The number of hydrogen-bond acceptors (Lipinski definition) is 6. The van der Waals surface area contributed by atoms with Crippen molar-refractivity contribution in [1.82, 2.24) is 14.7 Å². The molecule has 0 aliphatic rings. The predicted molar refractivity (Wildman–Crippen MR) is 79.8 cm³/mol. The summed E-state index contributed by atoms with van der Waals surface area (Å²) in [5.74, 6) is 1.07. The van der Waals surface area contributed by atoms with Gasteiger partial charge in [0.25, 0.3) is 0 Å². The van der Waals surface area contributed by atoms with Crippen molar-refractivity contribution in [2.45, 2.75) is 13.3 Å². The first-order valence-corrected chi connectivity index (χ1v) is 8.34. The maximum Gasteiger partial charge on any atom is 0.224 e. The van der Waals surface area contributed by atoms with Gasteiger partial charge in [0.15, 0.2) is 0 Å². The number of halogens is 1. The standard InChI is InChI=1S/C10H18BrN5O2S/c1-3-4-14-10-15-7-8(11)9(16-10)13-5-6-19(17,18)12-2/h7,12H,3-6H2,1-2H3,(H2,13,14,15,16). The maximum absolute atomic E-state index is 11.3. The minimum Gasteiger partial charge on any atom is -0.368 e. The van der Waals surface area contributed by atoms with Gasteiger partial charge in [0, 0.05) is 19.3 Å². The molecular formula is C10H18BrN5O2S. The Balaban J connectivity index is 2.61. The van der Waals surface area contributed by atoms with Gasteiger partial charge in [-0.15, -0.1) is 0 Å². The van der Waals surface area contributed by atoms with Crippen molar-refractivity contribution in [3.8, 4) is 0 Å². The molecule has 0 radical (unpaired) electrons. The number of hydrogen-bond donors (Lipinski definition) is 3. The van der Waals surface area contributed by atoms with Gasteiger partial charge in [-0.2, -0.15) is 4.98 Å². The number of nitrogens with zero attached hydrogens (tertiary/aromatic N) is 2. The zero-order valence-electron chi connectivity index (χ0n) is 10.9. The molecule has 0 aliphatic heterocycles. The minimum atomic E-state index is -3.21. The highest BCUT2D eigenvalue weighted by Gasteiger charge is 2.08. The van der Waals surface area contributed by atoms with Crippen LogP contribution in [0.1, 0.15) is 13.3 Å². The summed E-state index contributed by atoms with van der Waals surface area (Å²) in [7, 11) is -1.82. The molecule has 0 saturated heterocycles. The molecule has 0 aromatic carbocycles. The molecule has 1 heterocycles. The fourth-order valence-electron chi connectivity index (χ4n) is 1.22. The molecule has 108 valence electrons. The van der Waals surface area contributed by atoms with Crippen LogP contribution in [0.4, 0.5) is 11.8 Å². The quantitative estimate of drug-likeness (QED) is 0.647. The van der Waals surface area contributed by atoms with Crippen LogP contribution >= 0.6 is 15.9 Å². The van der Waals surface area contributed by atoms with E-state index in [0.717, 1.165) is 13.0 Å². The van der Waals surface area contributed by atoms with E-state index < -0.39 is 10.0 Å². The molecule has 0 saturated carbocycles. The van der Waals surface area contributed by atoms with Crippen LogP contribution in [0.3, 0.4) is 0 Å². The molecule has 1 rings (SSSR count).